The molecule has 0 N–H and O–H groups in total. The molecule has 2 heterocycles. The van der Waals surface area contributed by atoms with Crippen LogP contribution in [0.3, 0.4) is 0 Å². The number of aryl methyl sites for hydroxylation is 1. The van der Waals surface area contributed by atoms with Crippen molar-refractivity contribution in [2.24, 2.45) is 0 Å². The Morgan fingerprint density at radius 1 is 1.14 bits per heavy atom. The van der Waals surface area contributed by atoms with Crippen molar-refractivity contribution < 1.29 is 28.3 Å². The summed E-state index contributed by atoms with van der Waals surface area (Å²) >= 11 is 0. The van der Waals surface area contributed by atoms with Gasteiger partial charge in [-0.05, 0) is 31.4 Å². The van der Waals surface area contributed by atoms with Crippen LogP contribution in [0.2, 0.25) is 0 Å². The van der Waals surface area contributed by atoms with Gasteiger partial charge in [0, 0.05) is 20.0 Å². The summed E-state index contributed by atoms with van der Waals surface area (Å²) in [4.78, 5) is 38.4. The molecule has 0 aliphatic carbocycles. The van der Waals surface area contributed by atoms with E-state index in [1.54, 1.807) is 11.8 Å². The summed E-state index contributed by atoms with van der Waals surface area (Å²) in [5, 5.41) is 0. The van der Waals surface area contributed by atoms with E-state index in [1.807, 2.05) is 30.3 Å². The van der Waals surface area contributed by atoms with Gasteiger partial charge < -0.3 is 18.8 Å². The number of likely N-dealkylation sites (tertiary alicyclic amines) is 1. The SMILES string of the molecule is COC(=O)c1cc(COC(=O)C2(c3ccccc3)CCN(C(C)=O)CC2)oc1C. The number of furan rings is 1. The molecule has 7 nitrogen and oxygen atoms in total. The zero-order chi connectivity index (χ0) is 21.0. The number of amides is 1. The van der Waals surface area contributed by atoms with Crippen LogP contribution in [-0.4, -0.2) is 42.9 Å². The molecule has 1 aliphatic heterocycles. The molecule has 3 rings (SSSR count). The molecule has 29 heavy (non-hydrogen) atoms. The van der Waals surface area contributed by atoms with E-state index < -0.39 is 11.4 Å². The molecule has 1 saturated heterocycles. The monoisotopic (exact) mass is 399 g/mol. The molecule has 1 aliphatic rings. The standard InChI is InChI=1S/C22H25NO6/c1-15-19(20(25)27-3)13-18(29-15)14-28-21(26)22(17-7-5-4-6-8-17)9-11-23(12-10-22)16(2)24/h4-8,13H,9-12,14H2,1-3H3. The summed E-state index contributed by atoms with van der Waals surface area (Å²) in [5.74, 6) is -0.0701. The van der Waals surface area contributed by atoms with Crippen LogP contribution in [0.25, 0.3) is 0 Å². The molecule has 154 valence electrons. The molecule has 1 aromatic carbocycles. The molecule has 1 aromatic heterocycles. The van der Waals surface area contributed by atoms with E-state index in [4.69, 9.17) is 13.9 Å². The van der Waals surface area contributed by atoms with Crippen molar-refractivity contribution in [1.82, 2.24) is 4.90 Å². The number of piperidine rings is 1. The molecule has 0 spiro atoms. The number of esters is 2. The summed E-state index contributed by atoms with van der Waals surface area (Å²) < 4.78 is 15.9. The first-order chi connectivity index (χ1) is 13.9. The van der Waals surface area contributed by atoms with Gasteiger partial charge in [0.2, 0.25) is 5.91 Å². The van der Waals surface area contributed by atoms with Crippen LogP contribution in [0.4, 0.5) is 0 Å². The van der Waals surface area contributed by atoms with Crippen LogP contribution in [0.5, 0.6) is 0 Å². The fourth-order valence-corrected chi connectivity index (χ4v) is 3.77. The largest absolute Gasteiger partial charge is 0.465 e. The highest BCUT2D eigenvalue weighted by Crippen LogP contribution is 2.37. The smallest absolute Gasteiger partial charge is 0.341 e. The average molecular weight is 399 g/mol. The van der Waals surface area contributed by atoms with Crippen molar-refractivity contribution in [1.29, 1.82) is 0 Å². The van der Waals surface area contributed by atoms with Crippen LogP contribution in [0.1, 0.15) is 47.2 Å². The maximum absolute atomic E-state index is 13.2. The third-order valence-electron chi connectivity index (χ3n) is 5.50. The van der Waals surface area contributed by atoms with Gasteiger partial charge in [-0.3, -0.25) is 9.59 Å². The maximum atomic E-state index is 13.2. The Bertz CT molecular complexity index is 893. The topological polar surface area (TPSA) is 86.0 Å². The molecular weight excluding hydrogens is 374 g/mol. The molecule has 1 amide bonds. The van der Waals surface area contributed by atoms with E-state index in [0.29, 0.717) is 43.0 Å². The minimum Gasteiger partial charge on any atom is -0.465 e. The number of ether oxygens (including phenoxy) is 2. The minimum atomic E-state index is -0.819. The van der Waals surface area contributed by atoms with Gasteiger partial charge in [-0.1, -0.05) is 30.3 Å². The molecule has 0 bridgehead atoms. The van der Waals surface area contributed by atoms with Gasteiger partial charge in [-0.2, -0.15) is 0 Å². The van der Waals surface area contributed by atoms with Gasteiger partial charge in [-0.15, -0.1) is 0 Å². The van der Waals surface area contributed by atoms with Gasteiger partial charge in [0.15, 0.2) is 0 Å². The number of methoxy groups -OCH3 is 1. The second kappa shape index (κ2) is 8.51. The molecule has 0 atom stereocenters. The number of nitrogens with zero attached hydrogens (tertiary/aromatic N) is 1. The lowest BCUT2D eigenvalue weighted by Crippen LogP contribution is -2.49. The molecule has 7 heteroatoms. The fraction of sp³-hybridized carbons (Fsp3) is 0.409. The van der Waals surface area contributed by atoms with Gasteiger partial charge in [-0.25, -0.2) is 4.79 Å². The lowest BCUT2D eigenvalue weighted by atomic mass is 9.72. The maximum Gasteiger partial charge on any atom is 0.341 e. The van der Waals surface area contributed by atoms with Crippen molar-refractivity contribution >= 4 is 17.8 Å². The first-order valence-electron chi connectivity index (χ1n) is 9.53. The highest BCUT2D eigenvalue weighted by atomic mass is 16.5. The number of rotatable bonds is 5. The van der Waals surface area contributed by atoms with Crippen molar-refractivity contribution in [2.45, 2.75) is 38.7 Å². The Labute approximate surface area is 169 Å². The molecule has 0 unspecified atom stereocenters. The van der Waals surface area contributed by atoms with E-state index in [0.717, 1.165) is 5.56 Å². The Balaban J connectivity index is 1.78. The first-order valence-corrected chi connectivity index (χ1v) is 9.53. The summed E-state index contributed by atoms with van der Waals surface area (Å²) in [6.45, 7) is 4.09. The lowest BCUT2D eigenvalue weighted by molar-refractivity contribution is -0.156. The van der Waals surface area contributed by atoms with Crippen molar-refractivity contribution in [3.05, 3.63) is 59.0 Å². The number of carbonyl (C=O) groups excluding carboxylic acids is 3. The number of hydrogen-bond acceptors (Lipinski definition) is 6. The van der Waals surface area contributed by atoms with E-state index in [-0.39, 0.29) is 18.5 Å². The molecule has 0 saturated carbocycles. The lowest BCUT2D eigenvalue weighted by Gasteiger charge is -2.40. The minimum absolute atomic E-state index is 0.00132. The van der Waals surface area contributed by atoms with Crippen LogP contribution in [0.15, 0.2) is 40.8 Å². The zero-order valence-corrected chi connectivity index (χ0v) is 16.9. The summed E-state index contributed by atoms with van der Waals surface area (Å²) in [6, 6.07) is 11.0. The highest BCUT2D eigenvalue weighted by molar-refractivity contribution is 5.90. The first kappa shape index (κ1) is 20.6. The second-order valence-corrected chi connectivity index (χ2v) is 7.20. The molecule has 2 aromatic rings. The predicted octanol–water partition coefficient (Wildman–Crippen LogP) is 3.00. The summed E-state index contributed by atoms with van der Waals surface area (Å²) in [7, 11) is 1.30. The molecule has 1 fully saturated rings. The van der Waals surface area contributed by atoms with Gasteiger partial charge >= 0.3 is 11.9 Å². The Kier molecular flexibility index (Phi) is 6.06. The van der Waals surface area contributed by atoms with Crippen LogP contribution in [0, 0.1) is 6.92 Å². The zero-order valence-electron chi connectivity index (χ0n) is 16.9. The molecular formula is C22H25NO6. The van der Waals surface area contributed by atoms with E-state index >= 15 is 0 Å². The second-order valence-electron chi connectivity index (χ2n) is 7.20. The Morgan fingerprint density at radius 2 is 1.79 bits per heavy atom. The van der Waals surface area contributed by atoms with Crippen molar-refractivity contribution in [2.75, 3.05) is 20.2 Å². The predicted molar refractivity (Wildman–Crippen MR) is 104 cm³/mol. The summed E-state index contributed by atoms with van der Waals surface area (Å²) in [6.07, 6.45) is 0.972. The van der Waals surface area contributed by atoms with E-state index in [9.17, 15) is 14.4 Å². The van der Waals surface area contributed by atoms with E-state index in [1.165, 1.54) is 20.1 Å². The normalized spacial score (nSPS) is 15.6. The van der Waals surface area contributed by atoms with Crippen LogP contribution in [-0.2, 0) is 31.1 Å². The van der Waals surface area contributed by atoms with E-state index in [2.05, 4.69) is 0 Å². The third-order valence-corrected chi connectivity index (χ3v) is 5.50. The quantitative estimate of drug-likeness (QED) is 0.719. The Hall–Kier alpha value is -3.09. The van der Waals surface area contributed by atoms with Crippen LogP contribution < -0.4 is 0 Å². The third kappa shape index (κ3) is 4.18. The molecule has 0 radical (unpaired) electrons. The van der Waals surface area contributed by atoms with Crippen molar-refractivity contribution in [3.8, 4) is 0 Å². The van der Waals surface area contributed by atoms with Crippen molar-refractivity contribution in [3.63, 3.8) is 0 Å². The average Bonchev–Trinajstić information content (AvgIpc) is 3.12. The highest BCUT2D eigenvalue weighted by Gasteiger charge is 2.44. The fourth-order valence-electron chi connectivity index (χ4n) is 3.77. The van der Waals surface area contributed by atoms with Gasteiger partial charge in [0.1, 0.15) is 23.7 Å². The van der Waals surface area contributed by atoms with Crippen LogP contribution >= 0.6 is 0 Å². The summed E-state index contributed by atoms with van der Waals surface area (Å²) in [5.41, 5.74) is 0.366. The van der Waals surface area contributed by atoms with Gasteiger partial charge in [0.05, 0.1) is 12.5 Å². The number of carbonyl (C=O) groups is 3. The number of hydrogen-bond donors (Lipinski definition) is 0. The Morgan fingerprint density at radius 3 is 2.38 bits per heavy atom. The van der Waals surface area contributed by atoms with Gasteiger partial charge in [0.25, 0.3) is 0 Å². The number of benzene rings is 1.